The van der Waals surface area contributed by atoms with Crippen molar-refractivity contribution in [2.45, 2.75) is 25.9 Å². The molecule has 128 valence electrons. The first kappa shape index (κ1) is 16.8. The summed E-state index contributed by atoms with van der Waals surface area (Å²) in [6.45, 7) is 4.25. The number of ether oxygens (including phenoxy) is 1. The van der Waals surface area contributed by atoms with E-state index >= 15 is 0 Å². The summed E-state index contributed by atoms with van der Waals surface area (Å²) < 4.78 is 47.5. The Labute approximate surface area is 137 Å². The molecule has 0 aromatic heterocycles. The fourth-order valence-corrected chi connectivity index (χ4v) is 4.99. The average Bonchev–Trinajstić information content (AvgIpc) is 2.56. The second-order valence-corrected chi connectivity index (χ2v) is 8.31. The van der Waals surface area contributed by atoms with Gasteiger partial charge in [-0.1, -0.05) is 19.1 Å². The maximum absolute atomic E-state index is 13.0. The van der Waals surface area contributed by atoms with Crippen LogP contribution in [0.15, 0.2) is 24.3 Å². The molecule has 0 saturated carbocycles. The normalized spacial score (nSPS) is 27.9. The molecule has 0 spiro atoms. The summed E-state index contributed by atoms with van der Waals surface area (Å²) in [6.07, 6.45) is 1.64. The predicted molar refractivity (Wildman–Crippen MR) is 85.6 cm³/mol. The first-order chi connectivity index (χ1) is 11.0. The van der Waals surface area contributed by atoms with Crippen LogP contribution in [0.4, 0.5) is 4.39 Å². The van der Waals surface area contributed by atoms with Crippen molar-refractivity contribution < 1.29 is 17.5 Å². The molecule has 0 aliphatic carbocycles. The molecule has 3 rings (SSSR count). The van der Waals surface area contributed by atoms with E-state index in [0.29, 0.717) is 32.2 Å². The van der Waals surface area contributed by atoms with Crippen LogP contribution in [0.25, 0.3) is 0 Å². The van der Waals surface area contributed by atoms with E-state index in [0.717, 1.165) is 18.4 Å². The highest BCUT2D eigenvalue weighted by molar-refractivity contribution is 7.86. The number of morpholine rings is 1. The second kappa shape index (κ2) is 6.84. The first-order valence-corrected chi connectivity index (χ1v) is 9.49. The Morgan fingerprint density at radius 2 is 1.83 bits per heavy atom. The Kier molecular flexibility index (Phi) is 5.01. The van der Waals surface area contributed by atoms with Gasteiger partial charge in [-0.25, -0.2) is 4.39 Å². The second-order valence-electron chi connectivity index (χ2n) is 6.38. The Balaban J connectivity index is 1.73. The van der Waals surface area contributed by atoms with Gasteiger partial charge in [-0.3, -0.25) is 0 Å². The number of hydrogen-bond donors (Lipinski definition) is 0. The van der Waals surface area contributed by atoms with Crippen molar-refractivity contribution in [2.24, 2.45) is 5.92 Å². The summed E-state index contributed by atoms with van der Waals surface area (Å²) in [4.78, 5) is 0. The molecule has 2 aliphatic rings. The lowest BCUT2D eigenvalue weighted by Gasteiger charge is -2.38. The molecule has 2 aliphatic heterocycles. The standard InChI is InChI=1S/C16H23FN2O3S/c1-13-3-2-8-18(11-13)23(20,21)19-9-10-22-16(12-19)14-4-6-15(17)7-5-14/h4-7,13,16H,2-3,8-12H2,1H3/t13-,16-/m1/s1. The molecule has 2 heterocycles. The van der Waals surface area contributed by atoms with Crippen LogP contribution < -0.4 is 0 Å². The number of piperidine rings is 1. The van der Waals surface area contributed by atoms with Crippen LogP contribution in [0.3, 0.4) is 0 Å². The molecule has 0 radical (unpaired) electrons. The third-order valence-corrected chi connectivity index (χ3v) is 6.51. The lowest BCUT2D eigenvalue weighted by atomic mass is 10.0. The largest absolute Gasteiger partial charge is 0.371 e. The van der Waals surface area contributed by atoms with Crippen molar-refractivity contribution in [2.75, 3.05) is 32.8 Å². The van der Waals surface area contributed by atoms with Crippen molar-refractivity contribution >= 4 is 10.2 Å². The van der Waals surface area contributed by atoms with Gasteiger partial charge < -0.3 is 4.74 Å². The monoisotopic (exact) mass is 342 g/mol. The molecule has 23 heavy (non-hydrogen) atoms. The summed E-state index contributed by atoms with van der Waals surface area (Å²) in [7, 11) is -3.45. The molecule has 1 aromatic rings. The molecule has 5 nitrogen and oxygen atoms in total. The maximum Gasteiger partial charge on any atom is 0.282 e. The van der Waals surface area contributed by atoms with Crippen molar-refractivity contribution in [1.29, 1.82) is 0 Å². The van der Waals surface area contributed by atoms with E-state index in [1.807, 2.05) is 0 Å². The highest BCUT2D eigenvalue weighted by Gasteiger charge is 2.36. The molecule has 0 unspecified atom stereocenters. The van der Waals surface area contributed by atoms with Gasteiger partial charge in [0.15, 0.2) is 0 Å². The van der Waals surface area contributed by atoms with Crippen molar-refractivity contribution in [3.63, 3.8) is 0 Å². The number of benzene rings is 1. The minimum Gasteiger partial charge on any atom is -0.371 e. The van der Waals surface area contributed by atoms with Crippen molar-refractivity contribution in [3.05, 3.63) is 35.6 Å². The quantitative estimate of drug-likeness (QED) is 0.846. The summed E-state index contributed by atoms with van der Waals surface area (Å²) in [5, 5.41) is 0. The van der Waals surface area contributed by atoms with E-state index in [4.69, 9.17) is 4.74 Å². The van der Waals surface area contributed by atoms with Gasteiger partial charge in [-0.2, -0.15) is 17.0 Å². The molecule has 0 bridgehead atoms. The maximum atomic E-state index is 13.0. The van der Waals surface area contributed by atoms with E-state index in [9.17, 15) is 12.8 Å². The summed E-state index contributed by atoms with van der Waals surface area (Å²) in [5.41, 5.74) is 0.804. The van der Waals surface area contributed by atoms with Gasteiger partial charge >= 0.3 is 0 Å². The van der Waals surface area contributed by atoms with Crippen LogP contribution in [-0.4, -0.2) is 49.8 Å². The van der Waals surface area contributed by atoms with E-state index < -0.39 is 10.2 Å². The molecule has 0 N–H and O–H groups in total. The van der Waals surface area contributed by atoms with Crippen molar-refractivity contribution in [1.82, 2.24) is 8.61 Å². The summed E-state index contributed by atoms with van der Waals surface area (Å²) >= 11 is 0. The predicted octanol–water partition coefficient (Wildman–Crippen LogP) is 2.18. The Bertz CT molecular complexity index is 635. The topological polar surface area (TPSA) is 49.9 Å². The number of halogens is 1. The number of hydrogen-bond acceptors (Lipinski definition) is 3. The van der Waals surface area contributed by atoms with Gasteiger partial charge in [-0.05, 0) is 36.5 Å². The SMILES string of the molecule is C[C@@H]1CCCN(S(=O)(=O)N2CCO[C@@H](c3ccc(F)cc3)C2)C1. The lowest BCUT2D eigenvalue weighted by molar-refractivity contribution is -0.00473. The zero-order valence-corrected chi connectivity index (χ0v) is 14.1. The molecule has 1 aromatic carbocycles. The fourth-order valence-electron chi connectivity index (χ4n) is 3.23. The molecule has 0 amide bonds. The third-order valence-electron chi connectivity index (χ3n) is 4.54. The Morgan fingerprint density at radius 3 is 2.52 bits per heavy atom. The van der Waals surface area contributed by atoms with Gasteiger partial charge in [0.1, 0.15) is 5.82 Å². The lowest BCUT2D eigenvalue weighted by Crippen LogP contribution is -2.51. The minimum absolute atomic E-state index is 0.277. The van der Waals surface area contributed by atoms with Crippen LogP contribution in [-0.2, 0) is 14.9 Å². The molecule has 2 atom stereocenters. The van der Waals surface area contributed by atoms with Crippen LogP contribution in [0, 0.1) is 11.7 Å². The van der Waals surface area contributed by atoms with Gasteiger partial charge in [0.25, 0.3) is 10.2 Å². The van der Waals surface area contributed by atoms with Crippen LogP contribution in [0.1, 0.15) is 31.4 Å². The number of nitrogens with zero attached hydrogens (tertiary/aromatic N) is 2. The van der Waals surface area contributed by atoms with Crippen LogP contribution >= 0.6 is 0 Å². The smallest absolute Gasteiger partial charge is 0.282 e. The van der Waals surface area contributed by atoms with Gasteiger partial charge in [-0.15, -0.1) is 0 Å². The van der Waals surface area contributed by atoms with E-state index in [-0.39, 0.29) is 18.5 Å². The van der Waals surface area contributed by atoms with Gasteiger partial charge in [0.2, 0.25) is 0 Å². The van der Waals surface area contributed by atoms with E-state index in [1.165, 1.54) is 16.4 Å². The third kappa shape index (κ3) is 3.74. The van der Waals surface area contributed by atoms with Crippen LogP contribution in [0.5, 0.6) is 0 Å². The molecule has 2 saturated heterocycles. The fraction of sp³-hybridized carbons (Fsp3) is 0.625. The Morgan fingerprint density at radius 1 is 1.13 bits per heavy atom. The molecule has 7 heteroatoms. The Hall–Kier alpha value is -1.02. The summed E-state index contributed by atoms with van der Waals surface area (Å²) in [5.74, 6) is 0.0869. The van der Waals surface area contributed by atoms with Crippen molar-refractivity contribution in [3.8, 4) is 0 Å². The van der Waals surface area contributed by atoms with E-state index in [1.54, 1.807) is 16.4 Å². The average molecular weight is 342 g/mol. The van der Waals surface area contributed by atoms with Gasteiger partial charge in [0.05, 0.1) is 12.7 Å². The zero-order valence-electron chi connectivity index (χ0n) is 13.3. The van der Waals surface area contributed by atoms with Crippen LogP contribution in [0.2, 0.25) is 0 Å². The van der Waals surface area contributed by atoms with E-state index in [2.05, 4.69) is 6.92 Å². The highest BCUT2D eigenvalue weighted by Crippen LogP contribution is 2.27. The molecular formula is C16H23FN2O3S. The molecular weight excluding hydrogens is 319 g/mol. The summed E-state index contributed by atoms with van der Waals surface area (Å²) in [6, 6.07) is 6.05. The zero-order chi connectivity index (χ0) is 16.4. The molecule has 2 fully saturated rings. The minimum atomic E-state index is -3.45. The number of rotatable bonds is 3. The van der Waals surface area contributed by atoms with Gasteiger partial charge in [0, 0.05) is 26.2 Å². The highest BCUT2D eigenvalue weighted by atomic mass is 32.2. The first-order valence-electron chi connectivity index (χ1n) is 8.09.